The Morgan fingerprint density at radius 1 is 1.07 bits per heavy atom. The smallest absolute Gasteiger partial charge is 0.261 e. The van der Waals surface area contributed by atoms with Crippen molar-refractivity contribution in [2.45, 2.75) is 38.2 Å². The highest BCUT2D eigenvalue weighted by Gasteiger charge is 2.34. The van der Waals surface area contributed by atoms with Gasteiger partial charge in [-0.25, -0.2) is 8.42 Å². The summed E-state index contributed by atoms with van der Waals surface area (Å²) >= 11 is 0. The lowest BCUT2D eigenvalue weighted by Crippen LogP contribution is -2.48. The average Bonchev–Trinajstić information content (AvgIpc) is 2.59. The summed E-state index contributed by atoms with van der Waals surface area (Å²) in [6, 6.07) is 10.6. The summed E-state index contributed by atoms with van der Waals surface area (Å²) in [5, 5.41) is 0. The Bertz CT molecular complexity index is 1040. The number of benzene rings is 2. The Kier molecular flexibility index (Phi) is 4.93. The third-order valence-corrected chi connectivity index (χ3v) is 5.76. The quantitative estimate of drug-likeness (QED) is 0.793. The van der Waals surface area contributed by atoms with Gasteiger partial charge < -0.3 is 9.64 Å². The topological polar surface area (TPSA) is 92.8 Å². The highest BCUT2D eigenvalue weighted by atomic mass is 32.2. The molecule has 0 unspecified atom stereocenters. The maximum atomic E-state index is 12.8. The first-order valence-corrected chi connectivity index (χ1v) is 10.2. The number of rotatable bonds is 4. The second kappa shape index (κ2) is 6.94. The maximum absolute atomic E-state index is 12.8. The SMILES string of the molecule is CC(=O)c1ccc(NS(=O)(=O)c2ccc3c(c2)N(C(C)=O)CC(C)(C)O3)cc1. The molecule has 7 nitrogen and oxygen atoms in total. The predicted octanol–water partition coefficient (Wildman–Crippen LogP) is 3.21. The molecule has 148 valence electrons. The van der Waals surface area contributed by atoms with Gasteiger partial charge in [0.1, 0.15) is 11.4 Å². The number of nitrogens with zero attached hydrogens (tertiary/aromatic N) is 1. The molecule has 0 aromatic heterocycles. The Morgan fingerprint density at radius 3 is 2.29 bits per heavy atom. The Morgan fingerprint density at radius 2 is 1.71 bits per heavy atom. The van der Waals surface area contributed by atoms with Crippen molar-refractivity contribution in [1.29, 1.82) is 0 Å². The summed E-state index contributed by atoms with van der Waals surface area (Å²) in [4.78, 5) is 24.9. The van der Waals surface area contributed by atoms with Gasteiger partial charge in [0.05, 0.1) is 17.1 Å². The molecule has 0 bridgehead atoms. The van der Waals surface area contributed by atoms with Gasteiger partial charge in [-0.2, -0.15) is 0 Å². The number of nitrogens with one attached hydrogen (secondary N) is 1. The molecule has 1 amide bonds. The molecule has 2 aromatic carbocycles. The van der Waals surface area contributed by atoms with Gasteiger partial charge >= 0.3 is 0 Å². The Balaban J connectivity index is 1.94. The first kappa shape index (κ1) is 19.9. The number of sulfonamides is 1. The predicted molar refractivity (Wildman–Crippen MR) is 106 cm³/mol. The van der Waals surface area contributed by atoms with Crippen molar-refractivity contribution in [3.05, 3.63) is 48.0 Å². The highest BCUT2D eigenvalue weighted by molar-refractivity contribution is 7.92. The number of hydrogen-bond acceptors (Lipinski definition) is 5. The van der Waals surface area contributed by atoms with Gasteiger partial charge in [0.15, 0.2) is 5.78 Å². The zero-order chi connectivity index (χ0) is 20.7. The van der Waals surface area contributed by atoms with E-state index >= 15 is 0 Å². The molecule has 1 heterocycles. The molecule has 1 N–H and O–H groups in total. The third kappa shape index (κ3) is 4.01. The first-order valence-electron chi connectivity index (χ1n) is 8.73. The number of fused-ring (bicyclic) bond motifs is 1. The molecular formula is C20H22N2O5S. The van der Waals surface area contributed by atoms with E-state index in [1.165, 1.54) is 43.0 Å². The van der Waals surface area contributed by atoms with Gasteiger partial charge in [0.25, 0.3) is 10.0 Å². The number of amides is 1. The standard InChI is InChI=1S/C20H22N2O5S/c1-13(23)15-5-7-16(8-6-15)21-28(25,26)17-9-10-19-18(11-17)22(14(2)24)12-20(3,4)27-19/h5-11,21H,12H2,1-4H3. The van der Waals surface area contributed by atoms with Crippen LogP contribution in [0.15, 0.2) is 47.4 Å². The molecule has 0 atom stereocenters. The molecular weight excluding hydrogens is 380 g/mol. The number of carbonyl (C=O) groups is 2. The van der Waals surface area contributed by atoms with Crippen LogP contribution in [0.25, 0.3) is 0 Å². The zero-order valence-corrected chi connectivity index (χ0v) is 17.0. The monoisotopic (exact) mass is 402 g/mol. The van der Waals surface area contributed by atoms with Gasteiger partial charge in [0.2, 0.25) is 5.91 Å². The van der Waals surface area contributed by atoms with Crippen LogP contribution in [-0.4, -0.2) is 32.3 Å². The molecule has 0 spiro atoms. The lowest BCUT2D eigenvalue weighted by Gasteiger charge is -2.39. The van der Waals surface area contributed by atoms with E-state index in [0.29, 0.717) is 29.2 Å². The van der Waals surface area contributed by atoms with Crippen LogP contribution in [0.2, 0.25) is 0 Å². The Labute approximate surface area is 164 Å². The number of ether oxygens (including phenoxy) is 1. The molecule has 0 saturated heterocycles. The van der Waals surface area contributed by atoms with E-state index in [4.69, 9.17) is 4.74 Å². The fourth-order valence-corrected chi connectivity index (χ4v) is 4.10. The van der Waals surface area contributed by atoms with Crippen LogP contribution in [0.5, 0.6) is 5.75 Å². The third-order valence-electron chi connectivity index (χ3n) is 4.38. The number of anilines is 2. The minimum absolute atomic E-state index is 0.0106. The molecule has 0 fully saturated rings. The van der Waals surface area contributed by atoms with Crippen LogP contribution in [-0.2, 0) is 14.8 Å². The van der Waals surface area contributed by atoms with Crippen molar-refractivity contribution in [3.8, 4) is 5.75 Å². The van der Waals surface area contributed by atoms with Crippen molar-refractivity contribution in [3.63, 3.8) is 0 Å². The highest BCUT2D eigenvalue weighted by Crippen LogP contribution is 2.38. The second-order valence-corrected chi connectivity index (χ2v) is 9.02. The summed E-state index contributed by atoms with van der Waals surface area (Å²) in [7, 11) is -3.89. The van der Waals surface area contributed by atoms with E-state index in [1.807, 2.05) is 13.8 Å². The number of hydrogen-bond donors (Lipinski definition) is 1. The van der Waals surface area contributed by atoms with Gasteiger partial charge in [-0.05, 0) is 63.2 Å². The van der Waals surface area contributed by atoms with Crippen LogP contribution in [0, 0.1) is 0 Å². The fraction of sp³-hybridized carbons (Fsp3) is 0.300. The number of Topliss-reactive ketones (excluding diaryl/α,β-unsaturated/α-hetero) is 1. The molecule has 3 rings (SSSR count). The minimum Gasteiger partial charge on any atom is -0.484 e. The first-order chi connectivity index (χ1) is 13.0. The minimum atomic E-state index is -3.89. The molecule has 0 aliphatic carbocycles. The van der Waals surface area contributed by atoms with Gasteiger partial charge in [-0.3, -0.25) is 14.3 Å². The Hall–Kier alpha value is -2.87. The molecule has 8 heteroatoms. The van der Waals surface area contributed by atoms with Crippen LogP contribution >= 0.6 is 0 Å². The van der Waals surface area contributed by atoms with Crippen molar-refractivity contribution in [2.24, 2.45) is 0 Å². The molecule has 28 heavy (non-hydrogen) atoms. The van der Waals surface area contributed by atoms with Gasteiger partial charge in [-0.15, -0.1) is 0 Å². The van der Waals surface area contributed by atoms with E-state index in [1.54, 1.807) is 18.2 Å². The fourth-order valence-electron chi connectivity index (χ4n) is 3.03. The van der Waals surface area contributed by atoms with E-state index in [-0.39, 0.29) is 16.6 Å². The summed E-state index contributed by atoms with van der Waals surface area (Å²) in [5.41, 5.74) is 0.675. The second-order valence-electron chi connectivity index (χ2n) is 7.34. The van der Waals surface area contributed by atoms with Crippen LogP contribution in [0.3, 0.4) is 0 Å². The molecule has 0 radical (unpaired) electrons. The van der Waals surface area contributed by atoms with Gasteiger partial charge in [-0.1, -0.05) is 0 Å². The molecule has 0 saturated carbocycles. The van der Waals surface area contributed by atoms with Crippen molar-refractivity contribution in [2.75, 3.05) is 16.2 Å². The van der Waals surface area contributed by atoms with Crippen molar-refractivity contribution in [1.82, 2.24) is 0 Å². The zero-order valence-electron chi connectivity index (χ0n) is 16.1. The lowest BCUT2D eigenvalue weighted by atomic mass is 10.1. The molecule has 2 aromatic rings. The van der Waals surface area contributed by atoms with Crippen molar-refractivity contribution >= 4 is 33.1 Å². The lowest BCUT2D eigenvalue weighted by molar-refractivity contribution is -0.117. The summed E-state index contributed by atoms with van der Waals surface area (Å²) in [5.74, 6) is 0.160. The maximum Gasteiger partial charge on any atom is 0.261 e. The molecule has 1 aliphatic rings. The summed E-state index contributed by atoms with van der Waals surface area (Å²) in [6.07, 6.45) is 0. The van der Waals surface area contributed by atoms with Crippen LogP contribution in [0.1, 0.15) is 38.1 Å². The summed E-state index contributed by atoms with van der Waals surface area (Å²) < 4.78 is 33.9. The summed E-state index contributed by atoms with van der Waals surface area (Å²) in [6.45, 7) is 6.92. The van der Waals surface area contributed by atoms with E-state index < -0.39 is 15.6 Å². The normalized spacial score (nSPS) is 15.4. The van der Waals surface area contributed by atoms with E-state index in [9.17, 15) is 18.0 Å². The van der Waals surface area contributed by atoms with Gasteiger partial charge in [0, 0.05) is 18.2 Å². The average molecular weight is 402 g/mol. The van der Waals surface area contributed by atoms with E-state index in [0.717, 1.165) is 0 Å². The van der Waals surface area contributed by atoms with E-state index in [2.05, 4.69) is 4.72 Å². The van der Waals surface area contributed by atoms with Crippen molar-refractivity contribution < 1.29 is 22.7 Å². The largest absolute Gasteiger partial charge is 0.484 e. The van der Waals surface area contributed by atoms with Crippen LogP contribution in [0.4, 0.5) is 11.4 Å². The number of carbonyl (C=O) groups excluding carboxylic acids is 2. The molecule has 1 aliphatic heterocycles. The number of ketones is 1. The van der Waals surface area contributed by atoms with Crippen LogP contribution < -0.4 is 14.4 Å².